The van der Waals surface area contributed by atoms with Crippen LogP contribution in [0.2, 0.25) is 5.15 Å². The van der Waals surface area contributed by atoms with Crippen LogP contribution in [0.25, 0.3) is 21.8 Å². The Kier molecular flexibility index (Phi) is 11.1. The molecule has 254 valence electrons. The third kappa shape index (κ3) is 9.46. The van der Waals surface area contributed by atoms with Crippen molar-refractivity contribution in [3.05, 3.63) is 143 Å². The van der Waals surface area contributed by atoms with Crippen molar-refractivity contribution >= 4 is 66.9 Å². The van der Waals surface area contributed by atoms with E-state index in [0.717, 1.165) is 6.42 Å². The summed E-state index contributed by atoms with van der Waals surface area (Å²) in [6.07, 6.45) is 0.906. The second kappa shape index (κ2) is 15.8. The minimum Gasteiger partial charge on any atom is -0.478 e. The van der Waals surface area contributed by atoms with Gasteiger partial charge >= 0.3 is 11.9 Å². The molecule has 0 aliphatic heterocycles. The van der Waals surface area contributed by atoms with Gasteiger partial charge in [0, 0.05) is 41.5 Å². The van der Waals surface area contributed by atoms with Gasteiger partial charge in [-0.3, -0.25) is 9.52 Å². The molecule has 50 heavy (non-hydrogen) atoms. The number of H-pyrrole nitrogens is 2. The summed E-state index contributed by atoms with van der Waals surface area (Å²) in [6, 6.07) is 35.9. The number of nitrogens with zero attached hydrogens (tertiary/aromatic N) is 2. The van der Waals surface area contributed by atoms with Crippen molar-refractivity contribution in [2.45, 2.75) is 18.2 Å². The van der Waals surface area contributed by atoms with Crippen LogP contribution in [-0.4, -0.2) is 45.6 Å². The van der Waals surface area contributed by atoms with Crippen molar-refractivity contribution in [1.82, 2.24) is 20.2 Å². The predicted molar refractivity (Wildman–Crippen MR) is 193 cm³/mol. The fourth-order valence-electron chi connectivity index (χ4n) is 4.76. The summed E-state index contributed by atoms with van der Waals surface area (Å²) in [5, 5.41) is 18.6. The zero-order valence-electron chi connectivity index (χ0n) is 26.5. The Hall–Kier alpha value is -6.18. The number of carbonyl (C=O) groups is 2. The highest BCUT2D eigenvalue weighted by atomic mass is 35.5. The van der Waals surface area contributed by atoms with Gasteiger partial charge in [-0.05, 0) is 83.6 Å². The number of halogens is 1. The zero-order chi connectivity index (χ0) is 35.7. The van der Waals surface area contributed by atoms with Crippen molar-refractivity contribution in [3.63, 3.8) is 0 Å². The molecule has 14 heteroatoms. The molecule has 0 saturated heterocycles. The Balaban J connectivity index is 0.000000149. The normalized spacial score (nSPS) is 10.8. The van der Waals surface area contributed by atoms with Crippen LogP contribution >= 0.6 is 11.6 Å². The summed E-state index contributed by atoms with van der Waals surface area (Å²) in [5.41, 5.74) is 10.8. The van der Waals surface area contributed by atoms with Crippen molar-refractivity contribution in [1.29, 1.82) is 0 Å². The molecule has 0 amide bonds. The molecule has 3 aromatic heterocycles. The largest absolute Gasteiger partial charge is 0.478 e. The van der Waals surface area contributed by atoms with Crippen LogP contribution in [0.4, 0.5) is 11.5 Å². The standard InChI is InChI=1S/C17H14N2.C10H9ClN4O2S.C9H8O4/c1-3-7-16-12(5-1)9-14(18-16)11-15-10-13-6-2-4-8-17(13)19-15;11-9-5-6-10(14-13-9)15-18(16,17)8-3-1-7(12)2-4-8;1-6(10)13-8-5-3-2-4-7(8)9(11)12/h1-10,18-19H,11H2;1-6H,12H2,(H,14,15);2-5H,1H3,(H,11,12). The van der Waals surface area contributed by atoms with Gasteiger partial charge in [-0.25, -0.2) is 13.2 Å². The van der Waals surface area contributed by atoms with Crippen LogP contribution < -0.4 is 15.2 Å². The summed E-state index contributed by atoms with van der Waals surface area (Å²) in [5.74, 6) is -1.48. The summed E-state index contributed by atoms with van der Waals surface area (Å²) in [7, 11) is -3.69. The minimum atomic E-state index is -3.69. The van der Waals surface area contributed by atoms with Gasteiger partial charge < -0.3 is 25.5 Å². The number of carboxylic acid groups (broad SMARTS) is 1. The van der Waals surface area contributed by atoms with Crippen LogP contribution in [0.5, 0.6) is 5.75 Å². The number of aromatic nitrogens is 4. The second-order valence-electron chi connectivity index (χ2n) is 10.8. The zero-order valence-corrected chi connectivity index (χ0v) is 28.1. The van der Waals surface area contributed by atoms with Gasteiger partial charge in [0.1, 0.15) is 11.3 Å². The number of fused-ring (bicyclic) bond motifs is 2. The molecule has 0 bridgehead atoms. The maximum atomic E-state index is 11.9. The fraction of sp³-hybridized carbons (Fsp3) is 0.0556. The maximum Gasteiger partial charge on any atom is 0.339 e. The first-order valence-electron chi connectivity index (χ1n) is 15.0. The number of nitrogen functional groups attached to an aromatic ring is 1. The van der Waals surface area contributed by atoms with E-state index in [0.29, 0.717) is 5.69 Å². The number of nitrogens with one attached hydrogen (secondary N) is 3. The summed E-state index contributed by atoms with van der Waals surface area (Å²) >= 11 is 5.55. The molecule has 0 radical (unpaired) electrons. The van der Waals surface area contributed by atoms with Gasteiger partial charge in [-0.2, -0.15) is 0 Å². The number of hydrogen-bond donors (Lipinski definition) is 5. The van der Waals surface area contributed by atoms with Crippen molar-refractivity contribution < 1.29 is 27.9 Å². The number of anilines is 2. The highest BCUT2D eigenvalue weighted by Gasteiger charge is 2.15. The molecular weight excluding hydrogens is 680 g/mol. The van der Waals surface area contributed by atoms with E-state index < -0.39 is 22.0 Å². The first-order valence-corrected chi connectivity index (χ1v) is 16.8. The lowest BCUT2D eigenvalue weighted by Crippen LogP contribution is -2.14. The van der Waals surface area contributed by atoms with Crippen LogP contribution in [-0.2, 0) is 21.2 Å². The predicted octanol–water partition coefficient (Wildman–Crippen LogP) is 7.06. The number of sulfonamides is 1. The molecule has 7 rings (SSSR count). The number of ether oxygens (including phenoxy) is 1. The quantitative estimate of drug-likeness (QED) is 0.0654. The lowest BCUT2D eigenvalue weighted by Gasteiger charge is -2.06. The SMILES string of the molecule is CC(=O)Oc1ccccc1C(=O)O.Nc1ccc(S(=O)(=O)Nc2ccc(Cl)nn2)cc1.c1ccc2[nH]c(Cc3cc4ccccc4[nH]3)cc2c1. The van der Waals surface area contributed by atoms with Gasteiger partial charge in [-0.15, -0.1) is 10.2 Å². The van der Waals surface area contributed by atoms with Gasteiger partial charge in [0.2, 0.25) is 0 Å². The Bertz CT molecular complexity index is 2220. The molecule has 0 spiro atoms. The molecule has 12 nitrogen and oxygen atoms in total. The van der Waals surface area contributed by atoms with E-state index in [1.807, 2.05) is 0 Å². The topological polar surface area (TPSA) is 193 Å². The molecule has 7 aromatic rings. The van der Waals surface area contributed by atoms with E-state index in [9.17, 15) is 18.0 Å². The lowest BCUT2D eigenvalue weighted by molar-refractivity contribution is -0.131. The Morgan fingerprint density at radius 2 is 1.36 bits per heavy atom. The van der Waals surface area contributed by atoms with Crippen LogP contribution in [0.15, 0.2) is 126 Å². The van der Waals surface area contributed by atoms with Crippen LogP contribution in [0.3, 0.4) is 0 Å². The number of nitrogens with two attached hydrogens (primary N) is 1. The van der Waals surface area contributed by atoms with Gasteiger partial charge in [0.05, 0.1) is 4.90 Å². The molecular formula is C36H31ClN6O6S. The number of para-hydroxylation sites is 3. The van der Waals surface area contributed by atoms with Gasteiger partial charge in [0.25, 0.3) is 10.0 Å². The Labute approximate surface area is 292 Å². The summed E-state index contributed by atoms with van der Waals surface area (Å²) in [4.78, 5) is 28.2. The smallest absolute Gasteiger partial charge is 0.339 e. The van der Waals surface area contributed by atoms with Crippen molar-refractivity contribution in [3.8, 4) is 5.75 Å². The highest BCUT2D eigenvalue weighted by Crippen LogP contribution is 2.21. The molecule has 0 aliphatic carbocycles. The fourth-order valence-corrected chi connectivity index (χ4v) is 5.86. The molecule has 0 saturated carbocycles. The van der Waals surface area contributed by atoms with E-state index in [-0.39, 0.29) is 27.2 Å². The van der Waals surface area contributed by atoms with Gasteiger partial charge in [-0.1, -0.05) is 60.1 Å². The molecule has 0 aliphatic rings. The molecule has 4 aromatic carbocycles. The van der Waals surface area contributed by atoms with E-state index in [4.69, 9.17) is 22.4 Å². The Morgan fingerprint density at radius 1 is 0.800 bits per heavy atom. The number of hydrogen-bond acceptors (Lipinski definition) is 8. The number of carbonyl (C=O) groups excluding carboxylic acids is 1. The van der Waals surface area contributed by atoms with Crippen molar-refractivity contribution in [2.24, 2.45) is 0 Å². The van der Waals surface area contributed by atoms with E-state index in [1.54, 1.807) is 12.1 Å². The number of aromatic carboxylic acids is 1. The molecule has 0 atom stereocenters. The maximum absolute atomic E-state index is 11.9. The average Bonchev–Trinajstić information content (AvgIpc) is 3.69. The van der Waals surface area contributed by atoms with E-state index >= 15 is 0 Å². The van der Waals surface area contributed by atoms with Gasteiger partial charge in [0.15, 0.2) is 11.0 Å². The minimum absolute atomic E-state index is 0.0160. The third-order valence-electron chi connectivity index (χ3n) is 6.98. The monoisotopic (exact) mass is 710 g/mol. The van der Waals surface area contributed by atoms with E-state index in [1.165, 1.54) is 88.6 Å². The molecule has 6 N–H and O–H groups in total. The molecule has 3 heterocycles. The number of benzene rings is 4. The lowest BCUT2D eigenvalue weighted by atomic mass is 10.2. The summed E-state index contributed by atoms with van der Waals surface area (Å²) < 4.78 is 30.9. The van der Waals surface area contributed by atoms with Crippen molar-refractivity contribution in [2.75, 3.05) is 10.5 Å². The number of aromatic amines is 2. The number of esters is 1. The molecule has 0 fully saturated rings. The molecule has 0 unspecified atom stereocenters. The van der Waals surface area contributed by atoms with Crippen LogP contribution in [0.1, 0.15) is 28.7 Å². The first kappa shape index (κ1) is 35.1. The Morgan fingerprint density at radius 3 is 1.88 bits per heavy atom. The number of rotatable bonds is 7. The second-order valence-corrected chi connectivity index (χ2v) is 12.8. The third-order valence-corrected chi connectivity index (χ3v) is 8.56. The average molecular weight is 711 g/mol. The number of carboxylic acids is 1. The summed E-state index contributed by atoms with van der Waals surface area (Å²) in [6.45, 7) is 1.22. The van der Waals surface area contributed by atoms with E-state index in [2.05, 4.69) is 90.3 Å². The first-order chi connectivity index (χ1) is 24.0. The highest BCUT2D eigenvalue weighted by molar-refractivity contribution is 7.92. The van der Waals surface area contributed by atoms with Crippen LogP contribution in [0, 0.1) is 0 Å².